The molecule has 0 spiro atoms. The molecule has 0 aliphatic carbocycles. The van der Waals surface area contributed by atoms with Crippen molar-refractivity contribution in [1.82, 2.24) is 14.5 Å². The Morgan fingerprint density at radius 3 is 2.48 bits per heavy atom. The van der Waals surface area contributed by atoms with Gasteiger partial charge in [-0.1, -0.05) is 6.92 Å². The van der Waals surface area contributed by atoms with Crippen LogP contribution in [0.1, 0.15) is 33.3 Å². The molecule has 0 unspecified atom stereocenters. The van der Waals surface area contributed by atoms with E-state index >= 15 is 0 Å². The van der Waals surface area contributed by atoms with Gasteiger partial charge in [0.15, 0.2) is 0 Å². The number of hydrogen-bond acceptors (Lipinski definition) is 7. The highest BCUT2D eigenvalue weighted by atomic mass is 32.2. The second-order valence-electron chi connectivity index (χ2n) is 10.4. The quantitative estimate of drug-likeness (QED) is 0.417. The van der Waals surface area contributed by atoms with E-state index in [1.807, 2.05) is 20.8 Å². The normalized spacial score (nSPS) is 18.7. The molecule has 0 bridgehead atoms. The van der Waals surface area contributed by atoms with Crippen molar-refractivity contribution in [3.05, 3.63) is 48.0 Å². The molecule has 0 saturated heterocycles. The lowest BCUT2D eigenvalue weighted by molar-refractivity contribution is -0.134. The van der Waals surface area contributed by atoms with Gasteiger partial charge in [0.25, 0.3) is 0 Å². The molecule has 220 valence electrons. The first-order valence-corrected chi connectivity index (χ1v) is 14.7. The molecule has 2 aromatic rings. The molecule has 0 saturated carbocycles. The van der Waals surface area contributed by atoms with E-state index in [4.69, 9.17) is 9.47 Å². The monoisotopic (exact) mass is 576 g/mol. The molecule has 2 aromatic carbocycles. The number of nitrogens with one attached hydrogen (secondary N) is 2. The zero-order chi connectivity index (χ0) is 29.6. The van der Waals surface area contributed by atoms with Gasteiger partial charge >= 0.3 is 6.03 Å². The lowest BCUT2D eigenvalue weighted by atomic mass is 10.0. The fraction of sp³-hybridized carbons (Fsp3) is 0.500. The molecule has 0 radical (unpaired) electrons. The van der Waals surface area contributed by atoms with E-state index in [2.05, 4.69) is 10.6 Å². The maximum absolute atomic E-state index is 13.4. The van der Waals surface area contributed by atoms with Gasteiger partial charge in [0, 0.05) is 36.8 Å². The third kappa shape index (κ3) is 7.64. The average molecular weight is 577 g/mol. The molecule has 3 N–H and O–H groups in total. The molecule has 3 rings (SSSR count). The smallest absolute Gasteiger partial charge is 0.319 e. The first-order valence-electron chi connectivity index (χ1n) is 13.2. The minimum atomic E-state index is -3.85. The fourth-order valence-electron chi connectivity index (χ4n) is 4.43. The molecular weight excluding hydrogens is 536 g/mol. The predicted octanol–water partition coefficient (Wildman–Crippen LogP) is 2.69. The number of likely N-dealkylation sites (N-methyl/N-ethyl adjacent to an activating group) is 1. The predicted molar refractivity (Wildman–Crippen MR) is 152 cm³/mol. The maximum Gasteiger partial charge on any atom is 0.319 e. The minimum absolute atomic E-state index is 0.0135. The van der Waals surface area contributed by atoms with Crippen molar-refractivity contribution in [3.8, 4) is 11.5 Å². The number of aliphatic hydroxyl groups is 1. The number of aliphatic hydroxyl groups excluding tert-OH is 1. The lowest BCUT2D eigenvalue weighted by Crippen LogP contribution is -2.48. The van der Waals surface area contributed by atoms with Crippen LogP contribution in [0.4, 0.5) is 10.5 Å². The number of sulfonamides is 1. The molecular formula is C28H40N4O7S. The van der Waals surface area contributed by atoms with E-state index in [-0.39, 0.29) is 54.9 Å². The molecule has 40 heavy (non-hydrogen) atoms. The summed E-state index contributed by atoms with van der Waals surface area (Å²) >= 11 is 0. The number of anilines is 1. The van der Waals surface area contributed by atoms with Crippen LogP contribution in [0.3, 0.4) is 0 Å². The molecule has 11 nitrogen and oxygen atoms in total. The lowest BCUT2D eigenvalue weighted by Gasteiger charge is -2.33. The number of rotatable bonds is 9. The number of methoxy groups -OCH3 is 1. The number of ether oxygens (including phenoxy) is 2. The zero-order valence-corrected chi connectivity index (χ0v) is 24.7. The van der Waals surface area contributed by atoms with Crippen LogP contribution in [0.2, 0.25) is 0 Å². The minimum Gasteiger partial charge on any atom is -0.497 e. The van der Waals surface area contributed by atoms with Crippen LogP contribution < -0.4 is 20.1 Å². The molecule has 3 atom stereocenters. The van der Waals surface area contributed by atoms with E-state index < -0.39 is 22.2 Å². The Morgan fingerprint density at radius 2 is 1.88 bits per heavy atom. The third-order valence-electron chi connectivity index (χ3n) is 6.80. The SMILES string of the molecule is COc1ccc(S(=O)(=O)N(C)C[C@@H]2Oc3ccc(NC(=O)NC(C)C)cc3CC(=O)N([C@@H](C)CO)C[C@@H]2C)cc1. The van der Waals surface area contributed by atoms with Gasteiger partial charge in [0.1, 0.15) is 17.6 Å². The molecule has 3 amide bonds. The van der Waals surface area contributed by atoms with Gasteiger partial charge in [-0.25, -0.2) is 13.2 Å². The summed E-state index contributed by atoms with van der Waals surface area (Å²) in [6.45, 7) is 7.40. The Morgan fingerprint density at radius 1 is 1.20 bits per heavy atom. The Hall–Kier alpha value is -3.35. The third-order valence-corrected chi connectivity index (χ3v) is 8.64. The fourth-order valence-corrected chi connectivity index (χ4v) is 5.62. The number of nitrogens with zero attached hydrogens (tertiary/aromatic N) is 2. The standard InChI is InChI=1S/C28H40N4O7S/c1-18(2)29-28(35)30-22-7-12-25-21(13-22)14-27(34)32(20(4)17-33)15-19(3)26(39-25)16-31(5)40(36,37)24-10-8-23(38-6)9-11-24/h7-13,18-20,26,33H,14-17H2,1-6H3,(H2,29,30,35)/t19-,20-,26-/m0/s1. The van der Waals surface area contributed by atoms with Gasteiger partial charge in [-0.05, 0) is 63.2 Å². The second kappa shape index (κ2) is 13.3. The summed E-state index contributed by atoms with van der Waals surface area (Å²) in [6, 6.07) is 10.3. The summed E-state index contributed by atoms with van der Waals surface area (Å²) in [6.07, 6.45) is -0.639. The number of fused-ring (bicyclic) bond motifs is 1. The van der Waals surface area contributed by atoms with Crippen molar-refractivity contribution < 1.29 is 32.6 Å². The van der Waals surface area contributed by atoms with Gasteiger partial charge in [0.2, 0.25) is 15.9 Å². The van der Waals surface area contributed by atoms with E-state index in [1.165, 1.54) is 30.6 Å². The topological polar surface area (TPSA) is 138 Å². The number of carbonyl (C=O) groups excluding carboxylic acids is 2. The second-order valence-corrected chi connectivity index (χ2v) is 12.5. The van der Waals surface area contributed by atoms with Crippen LogP contribution in [-0.2, 0) is 21.2 Å². The van der Waals surface area contributed by atoms with Crippen LogP contribution in [-0.4, -0.2) is 86.7 Å². The number of carbonyl (C=O) groups is 2. The average Bonchev–Trinajstić information content (AvgIpc) is 2.95. The van der Waals surface area contributed by atoms with Crippen molar-refractivity contribution >= 4 is 27.6 Å². The van der Waals surface area contributed by atoms with Crippen molar-refractivity contribution in [2.24, 2.45) is 5.92 Å². The van der Waals surface area contributed by atoms with Crippen LogP contribution in [0.5, 0.6) is 11.5 Å². The largest absolute Gasteiger partial charge is 0.497 e. The van der Waals surface area contributed by atoms with E-state index in [9.17, 15) is 23.1 Å². The van der Waals surface area contributed by atoms with E-state index in [1.54, 1.807) is 42.2 Å². The van der Waals surface area contributed by atoms with Crippen molar-refractivity contribution in [1.29, 1.82) is 0 Å². The molecule has 1 aliphatic heterocycles. The molecule has 1 heterocycles. The van der Waals surface area contributed by atoms with Gasteiger partial charge in [0.05, 0.1) is 37.6 Å². The van der Waals surface area contributed by atoms with Crippen molar-refractivity contribution in [2.75, 3.05) is 39.2 Å². The highest BCUT2D eigenvalue weighted by molar-refractivity contribution is 7.89. The Balaban J connectivity index is 1.94. The highest BCUT2D eigenvalue weighted by Crippen LogP contribution is 2.30. The summed E-state index contributed by atoms with van der Waals surface area (Å²) < 4.78 is 39.5. The van der Waals surface area contributed by atoms with Gasteiger partial charge in [-0.3, -0.25) is 4.79 Å². The van der Waals surface area contributed by atoms with Gasteiger partial charge < -0.3 is 30.1 Å². The first-order chi connectivity index (χ1) is 18.8. The molecule has 1 aliphatic rings. The van der Waals surface area contributed by atoms with Crippen molar-refractivity contribution in [2.45, 2.75) is 57.2 Å². The summed E-state index contributed by atoms with van der Waals surface area (Å²) in [5, 5.41) is 15.4. The molecule has 0 fully saturated rings. The number of hydrogen-bond donors (Lipinski definition) is 3. The van der Waals surface area contributed by atoms with Gasteiger partial charge in [-0.2, -0.15) is 4.31 Å². The summed E-state index contributed by atoms with van der Waals surface area (Å²) in [7, 11) is -0.850. The maximum atomic E-state index is 13.4. The first kappa shape index (κ1) is 31.2. The summed E-state index contributed by atoms with van der Waals surface area (Å²) in [4.78, 5) is 27.3. The summed E-state index contributed by atoms with van der Waals surface area (Å²) in [5.74, 6) is 0.479. The Labute approximate surface area is 236 Å². The van der Waals surface area contributed by atoms with Gasteiger partial charge in [-0.15, -0.1) is 0 Å². The Bertz CT molecular complexity index is 1280. The molecule has 12 heteroatoms. The number of amides is 3. The Kier molecular flexibility index (Phi) is 10.4. The van der Waals surface area contributed by atoms with Crippen LogP contribution in [0.25, 0.3) is 0 Å². The number of urea groups is 1. The van der Waals surface area contributed by atoms with Crippen LogP contribution in [0.15, 0.2) is 47.4 Å². The number of benzene rings is 2. The van der Waals surface area contributed by atoms with E-state index in [0.29, 0.717) is 22.7 Å². The van der Waals surface area contributed by atoms with Crippen LogP contribution >= 0.6 is 0 Å². The molecule has 0 aromatic heterocycles. The summed E-state index contributed by atoms with van der Waals surface area (Å²) in [5.41, 5.74) is 1.03. The van der Waals surface area contributed by atoms with E-state index in [0.717, 1.165) is 0 Å². The van der Waals surface area contributed by atoms with Crippen molar-refractivity contribution in [3.63, 3.8) is 0 Å². The zero-order valence-electron chi connectivity index (χ0n) is 23.9. The van der Waals surface area contributed by atoms with Crippen LogP contribution in [0, 0.1) is 5.92 Å². The highest BCUT2D eigenvalue weighted by Gasteiger charge is 2.33.